The fourth-order valence-corrected chi connectivity index (χ4v) is 0.156. The summed E-state index contributed by atoms with van der Waals surface area (Å²) in [6.07, 6.45) is 0. The highest BCUT2D eigenvalue weighted by Crippen LogP contribution is 1.87. The van der Waals surface area contributed by atoms with Crippen LogP contribution >= 0.6 is 0 Å². The van der Waals surface area contributed by atoms with Crippen LogP contribution in [0.25, 0.3) is 0 Å². The van der Waals surface area contributed by atoms with E-state index in [1.165, 1.54) is 13.8 Å². The first-order chi connectivity index (χ1) is 6.36. The molecule has 0 heterocycles. The summed E-state index contributed by atoms with van der Waals surface area (Å²) in [4.78, 5) is 26.4. The summed E-state index contributed by atoms with van der Waals surface area (Å²) < 4.78 is 0. The maximum atomic E-state index is 9.94. The van der Waals surface area contributed by atoms with Gasteiger partial charge in [0.25, 0.3) is 0 Å². The van der Waals surface area contributed by atoms with Gasteiger partial charge in [0.1, 0.15) is 0 Å². The molecule has 0 spiro atoms. The Hall–Kier alpha value is -1.66. The molecule has 0 aromatic heterocycles. The lowest BCUT2D eigenvalue weighted by Gasteiger charge is -1.88. The smallest absolute Gasteiger partial charge is 0.296 e. The standard InChI is InChI=1S/2C4H6O3.6CH4/c2*1-3(2)4(5)7-6;;;;;;/h2*6H,1H2,2H3;6*1H4. The topological polar surface area (TPSA) is 93.1 Å². The second kappa shape index (κ2) is 30.4. The molecule has 0 rings (SSSR count). The highest BCUT2D eigenvalue weighted by atomic mass is 17.1. The highest BCUT2D eigenvalue weighted by molar-refractivity contribution is 5.86. The van der Waals surface area contributed by atoms with Crippen molar-refractivity contribution in [2.24, 2.45) is 0 Å². The zero-order chi connectivity index (χ0) is 11.7. The summed E-state index contributed by atoms with van der Waals surface area (Å²) >= 11 is 0. The Morgan fingerprint density at radius 2 is 0.850 bits per heavy atom. The van der Waals surface area contributed by atoms with Gasteiger partial charge in [0.2, 0.25) is 0 Å². The van der Waals surface area contributed by atoms with Crippen molar-refractivity contribution in [2.45, 2.75) is 58.4 Å². The molecule has 0 aliphatic carbocycles. The normalized spacial score (nSPS) is 5.40. The number of hydrogen-bond donors (Lipinski definition) is 2. The summed E-state index contributed by atoms with van der Waals surface area (Å²) in [7, 11) is 0. The second-order valence-electron chi connectivity index (χ2n) is 2.32. The van der Waals surface area contributed by atoms with Gasteiger partial charge >= 0.3 is 11.9 Å². The third kappa shape index (κ3) is 36.0. The molecule has 0 aromatic carbocycles. The third-order valence-corrected chi connectivity index (χ3v) is 0.863. The molecule has 2 N–H and O–H groups in total. The molecule has 0 unspecified atom stereocenters. The van der Waals surface area contributed by atoms with Crippen molar-refractivity contribution in [3.8, 4) is 0 Å². The van der Waals surface area contributed by atoms with Gasteiger partial charge in [-0.2, -0.15) is 10.5 Å². The van der Waals surface area contributed by atoms with E-state index in [1.54, 1.807) is 0 Å². The van der Waals surface area contributed by atoms with Gasteiger partial charge in [0, 0.05) is 11.1 Å². The van der Waals surface area contributed by atoms with Gasteiger partial charge in [0.05, 0.1) is 0 Å². The summed E-state index contributed by atoms with van der Waals surface area (Å²) in [6, 6.07) is 0. The predicted octanol–water partition coefficient (Wildman–Crippen LogP) is 4.97. The fourth-order valence-electron chi connectivity index (χ4n) is 0.156. The van der Waals surface area contributed by atoms with Crippen molar-refractivity contribution in [3.05, 3.63) is 24.3 Å². The van der Waals surface area contributed by atoms with E-state index in [0.29, 0.717) is 0 Å². The van der Waals surface area contributed by atoms with Crippen molar-refractivity contribution in [2.75, 3.05) is 0 Å². The number of rotatable bonds is 2. The molecule has 0 saturated heterocycles. The minimum Gasteiger partial charge on any atom is -0.296 e. The maximum absolute atomic E-state index is 9.94. The lowest BCUT2D eigenvalue weighted by atomic mass is 10.4. The van der Waals surface area contributed by atoms with E-state index >= 15 is 0 Å². The minimum absolute atomic E-state index is 0. The van der Waals surface area contributed by atoms with Crippen LogP contribution in [0.15, 0.2) is 24.3 Å². The Labute approximate surface area is 125 Å². The van der Waals surface area contributed by atoms with Gasteiger partial charge in [-0.25, -0.2) is 9.59 Å². The third-order valence-electron chi connectivity index (χ3n) is 0.863. The van der Waals surface area contributed by atoms with Crippen LogP contribution in [-0.2, 0) is 19.4 Å². The number of carbonyl (C=O) groups excluding carboxylic acids is 2. The molecular formula is C14H36O6. The van der Waals surface area contributed by atoms with E-state index in [4.69, 9.17) is 10.5 Å². The molecule has 128 valence electrons. The number of carbonyl (C=O) groups is 2. The summed E-state index contributed by atoms with van der Waals surface area (Å²) in [5, 5.41) is 15.2. The molecule has 0 amide bonds. The Kier molecular flexibility index (Phi) is 78.4. The fraction of sp³-hybridized carbons (Fsp3) is 0.571. The average Bonchev–Trinajstić information content (AvgIpc) is 2.15. The first kappa shape index (κ1) is 51.6. The van der Waals surface area contributed by atoms with Crippen molar-refractivity contribution >= 4 is 11.9 Å². The largest absolute Gasteiger partial charge is 0.367 e. The van der Waals surface area contributed by atoms with Crippen LogP contribution in [0.5, 0.6) is 0 Å². The van der Waals surface area contributed by atoms with E-state index in [9.17, 15) is 9.59 Å². The van der Waals surface area contributed by atoms with E-state index in [-0.39, 0.29) is 55.7 Å². The van der Waals surface area contributed by atoms with Crippen LogP contribution in [0, 0.1) is 0 Å². The van der Waals surface area contributed by atoms with Crippen LogP contribution < -0.4 is 0 Å². The van der Waals surface area contributed by atoms with Gasteiger partial charge in [-0.05, 0) is 13.8 Å². The molecule has 0 aromatic rings. The quantitative estimate of drug-likeness (QED) is 0.424. The van der Waals surface area contributed by atoms with Gasteiger partial charge in [-0.3, -0.25) is 9.78 Å². The lowest BCUT2D eigenvalue weighted by molar-refractivity contribution is -0.229. The van der Waals surface area contributed by atoms with Crippen molar-refractivity contribution in [1.29, 1.82) is 0 Å². The Morgan fingerprint density at radius 1 is 0.700 bits per heavy atom. The van der Waals surface area contributed by atoms with Gasteiger partial charge in [-0.15, -0.1) is 0 Å². The molecule has 20 heavy (non-hydrogen) atoms. The van der Waals surface area contributed by atoms with Crippen molar-refractivity contribution in [1.82, 2.24) is 0 Å². The number of hydrogen-bond acceptors (Lipinski definition) is 6. The zero-order valence-electron chi connectivity index (χ0n) is 7.94. The van der Waals surface area contributed by atoms with Crippen molar-refractivity contribution < 1.29 is 29.9 Å². The maximum Gasteiger partial charge on any atom is 0.367 e. The Balaban J connectivity index is -0.0000000185. The van der Waals surface area contributed by atoms with Crippen molar-refractivity contribution in [3.63, 3.8) is 0 Å². The summed E-state index contributed by atoms with van der Waals surface area (Å²) in [5.74, 6) is -1.58. The van der Waals surface area contributed by atoms with E-state index < -0.39 is 11.9 Å². The molecule has 0 aliphatic rings. The van der Waals surface area contributed by atoms with E-state index in [2.05, 4.69) is 22.9 Å². The molecule has 0 bridgehead atoms. The molecule has 0 saturated carbocycles. The first-order valence-corrected chi connectivity index (χ1v) is 3.39. The zero-order valence-corrected chi connectivity index (χ0v) is 7.94. The van der Waals surface area contributed by atoms with Crippen LogP contribution in [0.4, 0.5) is 0 Å². The van der Waals surface area contributed by atoms with Crippen LogP contribution in [0.2, 0.25) is 0 Å². The van der Waals surface area contributed by atoms with E-state index in [0.717, 1.165) is 0 Å². The van der Waals surface area contributed by atoms with Crippen LogP contribution in [-0.4, -0.2) is 22.5 Å². The molecular weight excluding hydrogens is 264 g/mol. The lowest BCUT2D eigenvalue weighted by Crippen LogP contribution is -1.99. The first-order valence-electron chi connectivity index (χ1n) is 3.39. The Bertz CT molecular complexity index is 220. The monoisotopic (exact) mass is 300 g/mol. The molecule has 0 aliphatic heterocycles. The molecule has 6 heteroatoms. The van der Waals surface area contributed by atoms with Gasteiger partial charge in [0.15, 0.2) is 0 Å². The van der Waals surface area contributed by atoms with Gasteiger partial charge in [-0.1, -0.05) is 57.7 Å². The molecule has 0 radical (unpaired) electrons. The molecule has 0 fully saturated rings. The second-order valence-corrected chi connectivity index (χ2v) is 2.32. The average molecular weight is 300 g/mol. The SMILES string of the molecule is C.C.C.C.C.C.C=C(C)C(=O)OO.C=C(C)C(=O)OO. The van der Waals surface area contributed by atoms with Crippen LogP contribution in [0.3, 0.4) is 0 Å². The minimum atomic E-state index is -0.792. The summed E-state index contributed by atoms with van der Waals surface area (Å²) in [6.45, 7) is 9.27. The Morgan fingerprint density at radius 3 is 0.850 bits per heavy atom. The van der Waals surface area contributed by atoms with Gasteiger partial charge < -0.3 is 0 Å². The molecule has 6 nitrogen and oxygen atoms in total. The molecule has 0 atom stereocenters. The predicted molar refractivity (Wildman–Crippen MR) is 87.5 cm³/mol. The summed E-state index contributed by atoms with van der Waals surface area (Å²) in [5.41, 5.74) is 0.366. The highest BCUT2D eigenvalue weighted by Gasteiger charge is 1.98. The van der Waals surface area contributed by atoms with Crippen LogP contribution in [0.1, 0.15) is 58.4 Å². The van der Waals surface area contributed by atoms with E-state index in [1.807, 2.05) is 0 Å².